The number of carbonyl (C=O) groups is 1. The minimum atomic E-state index is 0.0211. The first-order chi connectivity index (χ1) is 9.24. The number of carbonyl (C=O) groups excluding carboxylic acids is 1. The van der Waals surface area contributed by atoms with E-state index in [2.05, 4.69) is 20.4 Å². The van der Waals surface area contributed by atoms with Crippen molar-refractivity contribution in [1.29, 1.82) is 0 Å². The van der Waals surface area contributed by atoms with Crippen molar-refractivity contribution in [3.8, 4) is 0 Å². The normalized spacial score (nSPS) is 26.9. The maximum Gasteiger partial charge on any atom is 0.324 e. The lowest BCUT2D eigenvalue weighted by atomic mass is 9.95. The summed E-state index contributed by atoms with van der Waals surface area (Å²) in [5.41, 5.74) is 0. The van der Waals surface area contributed by atoms with Gasteiger partial charge in [0, 0.05) is 12.1 Å². The summed E-state index contributed by atoms with van der Waals surface area (Å²) in [7, 11) is 0. The van der Waals surface area contributed by atoms with E-state index in [1.807, 2.05) is 6.92 Å². The van der Waals surface area contributed by atoms with Crippen LogP contribution in [0.25, 0.3) is 0 Å². The first-order valence-electron chi connectivity index (χ1n) is 7.13. The number of hydrogen-bond donors (Lipinski definition) is 1. The molecule has 0 radical (unpaired) electrons. The van der Waals surface area contributed by atoms with Gasteiger partial charge in [-0.25, -0.2) is 4.79 Å². The molecule has 19 heavy (non-hydrogen) atoms. The molecule has 2 fully saturated rings. The topological polar surface area (TPSA) is 58.1 Å². The van der Waals surface area contributed by atoms with Crippen molar-refractivity contribution < 1.29 is 4.79 Å². The molecule has 1 N–H and O–H groups in total. The summed E-state index contributed by atoms with van der Waals surface area (Å²) in [5.74, 6) is 0. The van der Waals surface area contributed by atoms with Crippen molar-refractivity contribution >= 4 is 22.5 Å². The second-order valence-corrected chi connectivity index (χ2v) is 6.67. The van der Waals surface area contributed by atoms with Crippen LogP contribution in [-0.2, 0) is 0 Å². The van der Waals surface area contributed by atoms with Gasteiger partial charge in [-0.3, -0.25) is 5.32 Å². The summed E-state index contributed by atoms with van der Waals surface area (Å²) in [6.07, 6.45) is 8.37. The molecule has 5 nitrogen and oxygen atoms in total. The molecule has 0 aromatic carbocycles. The zero-order valence-corrected chi connectivity index (χ0v) is 12.1. The Morgan fingerprint density at radius 1 is 1.16 bits per heavy atom. The van der Waals surface area contributed by atoms with Gasteiger partial charge in [0.2, 0.25) is 5.13 Å². The van der Waals surface area contributed by atoms with Gasteiger partial charge in [-0.15, -0.1) is 10.2 Å². The van der Waals surface area contributed by atoms with Crippen LogP contribution in [0.15, 0.2) is 0 Å². The number of aryl methyl sites for hydroxylation is 1. The third-order valence-corrected chi connectivity index (χ3v) is 4.91. The van der Waals surface area contributed by atoms with E-state index < -0.39 is 0 Å². The van der Waals surface area contributed by atoms with E-state index >= 15 is 0 Å². The lowest BCUT2D eigenvalue weighted by molar-refractivity contribution is 0.119. The van der Waals surface area contributed by atoms with Crippen LogP contribution < -0.4 is 5.32 Å². The number of piperidine rings is 1. The lowest BCUT2D eigenvalue weighted by Crippen LogP contribution is -2.50. The molecule has 2 aliphatic heterocycles. The molecule has 6 heteroatoms. The molecule has 1 aromatic rings. The van der Waals surface area contributed by atoms with Gasteiger partial charge < -0.3 is 4.90 Å². The Balaban J connectivity index is 1.73. The molecule has 1 aromatic heterocycles. The van der Waals surface area contributed by atoms with Gasteiger partial charge in [0.05, 0.1) is 0 Å². The smallest absolute Gasteiger partial charge is 0.319 e. The van der Waals surface area contributed by atoms with Gasteiger partial charge in [-0.2, -0.15) is 0 Å². The number of nitrogens with one attached hydrogen (secondary N) is 1. The van der Waals surface area contributed by atoms with Crippen LogP contribution in [0.1, 0.15) is 50.0 Å². The molecule has 104 valence electrons. The van der Waals surface area contributed by atoms with Crippen LogP contribution in [0, 0.1) is 6.92 Å². The van der Waals surface area contributed by atoms with Crippen molar-refractivity contribution in [3.05, 3.63) is 5.01 Å². The van der Waals surface area contributed by atoms with Crippen molar-refractivity contribution in [3.63, 3.8) is 0 Å². The van der Waals surface area contributed by atoms with E-state index in [1.54, 1.807) is 0 Å². The monoisotopic (exact) mass is 280 g/mol. The first kappa shape index (κ1) is 12.8. The van der Waals surface area contributed by atoms with Crippen molar-refractivity contribution in [1.82, 2.24) is 15.1 Å². The lowest BCUT2D eigenvalue weighted by Gasteiger charge is -2.40. The molecule has 2 aliphatic rings. The van der Waals surface area contributed by atoms with Crippen LogP contribution >= 0.6 is 11.3 Å². The van der Waals surface area contributed by atoms with Gasteiger partial charge in [0.1, 0.15) is 5.01 Å². The van der Waals surface area contributed by atoms with E-state index in [0.717, 1.165) is 30.7 Å². The van der Waals surface area contributed by atoms with Crippen LogP contribution in [0.5, 0.6) is 0 Å². The molecule has 0 unspecified atom stereocenters. The number of anilines is 1. The van der Waals surface area contributed by atoms with E-state index in [0.29, 0.717) is 17.2 Å². The summed E-state index contributed by atoms with van der Waals surface area (Å²) in [6.45, 7) is 1.90. The molecule has 3 heterocycles. The van der Waals surface area contributed by atoms with E-state index in [1.165, 1.54) is 30.6 Å². The zero-order chi connectivity index (χ0) is 13.2. The number of nitrogens with zero attached hydrogens (tertiary/aromatic N) is 3. The van der Waals surface area contributed by atoms with Crippen molar-refractivity contribution in [2.45, 2.75) is 64.0 Å². The van der Waals surface area contributed by atoms with Crippen LogP contribution in [0.4, 0.5) is 9.93 Å². The van der Waals surface area contributed by atoms with Crippen molar-refractivity contribution in [2.75, 3.05) is 5.32 Å². The summed E-state index contributed by atoms with van der Waals surface area (Å²) in [5, 5.41) is 12.3. The largest absolute Gasteiger partial charge is 0.324 e. The summed E-state index contributed by atoms with van der Waals surface area (Å²) in [6, 6.07) is 0.873. The predicted molar refractivity (Wildman–Crippen MR) is 75.4 cm³/mol. The minimum absolute atomic E-state index is 0.0211. The Labute approximate surface area is 117 Å². The SMILES string of the molecule is Cc1nnc(NC(=O)N2[C@@H]3CCCC[C@@H]2CCC3)s1. The molecule has 2 amide bonds. The van der Waals surface area contributed by atoms with Crippen LogP contribution in [0.2, 0.25) is 0 Å². The Bertz CT molecular complexity index is 447. The fourth-order valence-corrected chi connectivity index (χ4v) is 3.91. The highest BCUT2D eigenvalue weighted by Crippen LogP contribution is 2.33. The van der Waals surface area contributed by atoms with Gasteiger partial charge in [0.15, 0.2) is 0 Å². The van der Waals surface area contributed by atoms with Crippen LogP contribution in [0.3, 0.4) is 0 Å². The van der Waals surface area contributed by atoms with E-state index in [-0.39, 0.29) is 6.03 Å². The second-order valence-electron chi connectivity index (χ2n) is 5.49. The van der Waals surface area contributed by atoms with Crippen LogP contribution in [-0.4, -0.2) is 33.2 Å². The Hall–Kier alpha value is -1.17. The fraction of sp³-hybridized carbons (Fsp3) is 0.769. The molecule has 0 spiro atoms. The molecule has 0 saturated carbocycles. The van der Waals surface area contributed by atoms with Gasteiger partial charge >= 0.3 is 6.03 Å². The number of fused-ring (bicyclic) bond motifs is 2. The molecule has 3 rings (SSSR count). The maximum absolute atomic E-state index is 12.5. The summed E-state index contributed by atoms with van der Waals surface area (Å²) < 4.78 is 0. The molecular formula is C13H20N4OS. The third-order valence-electron chi connectivity index (χ3n) is 4.16. The summed E-state index contributed by atoms with van der Waals surface area (Å²) >= 11 is 1.43. The summed E-state index contributed by atoms with van der Waals surface area (Å²) in [4.78, 5) is 14.6. The highest BCUT2D eigenvalue weighted by Gasteiger charge is 2.35. The third kappa shape index (κ3) is 2.73. The Kier molecular flexibility index (Phi) is 3.68. The van der Waals surface area contributed by atoms with Gasteiger partial charge in [-0.05, 0) is 39.0 Å². The number of urea groups is 1. The van der Waals surface area contributed by atoms with E-state index in [9.17, 15) is 4.79 Å². The number of rotatable bonds is 1. The van der Waals surface area contributed by atoms with Crippen molar-refractivity contribution in [2.24, 2.45) is 0 Å². The van der Waals surface area contributed by atoms with Gasteiger partial charge in [-0.1, -0.05) is 24.2 Å². The fourth-order valence-electron chi connectivity index (χ4n) is 3.33. The Morgan fingerprint density at radius 3 is 2.37 bits per heavy atom. The van der Waals surface area contributed by atoms with Gasteiger partial charge in [0.25, 0.3) is 0 Å². The maximum atomic E-state index is 12.5. The minimum Gasteiger partial charge on any atom is -0.319 e. The standard InChI is InChI=1S/C13H20N4OS/c1-9-15-16-12(19-9)14-13(18)17-10-5-2-3-6-11(17)8-4-7-10/h10-11H,2-8H2,1H3,(H,14,16,18)/t10-,11-/m1/s1. The first-order valence-corrected chi connectivity index (χ1v) is 7.95. The highest BCUT2D eigenvalue weighted by atomic mass is 32.1. The number of amides is 2. The quantitative estimate of drug-likeness (QED) is 0.859. The average molecular weight is 280 g/mol. The number of aromatic nitrogens is 2. The average Bonchev–Trinajstić information content (AvgIpc) is 2.74. The molecule has 2 bridgehead atoms. The molecule has 2 atom stereocenters. The zero-order valence-electron chi connectivity index (χ0n) is 11.3. The molecular weight excluding hydrogens is 260 g/mol. The molecule has 2 saturated heterocycles. The Morgan fingerprint density at radius 2 is 1.79 bits per heavy atom. The number of hydrogen-bond acceptors (Lipinski definition) is 4. The second kappa shape index (κ2) is 5.45. The molecule has 0 aliphatic carbocycles. The predicted octanol–water partition coefficient (Wildman–Crippen LogP) is 3.18. The van der Waals surface area contributed by atoms with E-state index in [4.69, 9.17) is 0 Å². The highest BCUT2D eigenvalue weighted by molar-refractivity contribution is 7.15.